The minimum Gasteiger partial charge on any atom is -0.463 e. The predicted molar refractivity (Wildman–Crippen MR) is 79.1 cm³/mol. The van der Waals surface area contributed by atoms with E-state index in [0.29, 0.717) is 0 Å². The maximum Gasteiger partial charge on any atom is 0.120 e. The zero-order valence-corrected chi connectivity index (χ0v) is 12.8. The molecule has 1 aliphatic rings. The lowest BCUT2D eigenvalue weighted by atomic mass is 10.1. The first-order chi connectivity index (χ1) is 9.04. The highest BCUT2D eigenvalue weighted by Crippen LogP contribution is 2.21. The number of nitrogens with one attached hydrogen (secondary N) is 1. The van der Waals surface area contributed by atoms with Crippen LogP contribution in [0.1, 0.15) is 50.2 Å². The summed E-state index contributed by atoms with van der Waals surface area (Å²) in [6.45, 7) is 9.61. The van der Waals surface area contributed by atoms with Crippen molar-refractivity contribution in [3.8, 4) is 0 Å². The highest BCUT2D eigenvalue weighted by atomic mass is 16.3. The fourth-order valence-corrected chi connectivity index (χ4v) is 2.19. The van der Waals surface area contributed by atoms with Crippen molar-refractivity contribution in [3.05, 3.63) is 23.2 Å². The molecule has 2 rings (SSSR count). The Morgan fingerprint density at radius 2 is 2.16 bits per heavy atom. The second-order valence-electron chi connectivity index (χ2n) is 6.39. The van der Waals surface area contributed by atoms with E-state index in [4.69, 9.17) is 4.42 Å². The van der Waals surface area contributed by atoms with Gasteiger partial charge in [-0.15, -0.1) is 0 Å². The molecular formula is C16H28N2O. The van der Waals surface area contributed by atoms with Crippen LogP contribution < -0.4 is 5.32 Å². The maximum atomic E-state index is 5.97. The highest BCUT2D eigenvalue weighted by molar-refractivity contribution is 5.20. The fraction of sp³-hybridized carbons (Fsp3) is 0.750. The number of hydrogen-bond donors (Lipinski definition) is 1. The van der Waals surface area contributed by atoms with Crippen LogP contribution in [0.5, 0.6) is 0 Å². The molecule has 19 heavy (non-hydrogen) atoms. The first-order valence-corrected chi connectivity index (χ1v) is 7.54. The second-order valence-corrected chi connectivity index (χ2v) is 6.39. The molecule has 0 radical (unpaired) electrons. The van der Waals surface area contributed by atoms with Crippen LogP contribution in [-0.4, -0.2) is 24.5 Å². The van der Waals surface area contributed by atoms with Gasteiger partial charge in [-0.25, -0.2) is 0 Å². The summed E-state index contributed by atoms with van der Waals surface area (Å²) >= 11 is 0. The molecule has 1 N–H and O–H groups in total. The van der Waals surface area contributed by atoms with Gasteiger partial charge in [-0.2, -0.15) is 0 Å². The van der Waals surface area contributed by atoms with E-state index in [1.54, 1.807) is 0 Å². The Bertz CT molecular complexity index is 393. The lowest BCUT2D eigenvalue weighted by Crippen LogP contribution is -2.20. The lowest BCUT2D eigenvalue weighted by Gasteiger charge is -2.16. The smallest absolute Gasteiger partial charge is 0.120 e. The van der Waals surface area contributed by atoms with Gasteiger partial charge in [0.25, 0.3) is 0 Å². The molecule has 108 valence electrons. The third kappa shape index (κ3) is 5.00. The van der Waals surface area contributed by atoms with Crippen LogP contribution >= 0.6 is 0 Å². The van der Waals surface area contributed by atoms with Gasteiger partial charge in [-0.05, 0) is 57.3 Å². The Morgan fingerprint density at radius 1 is 1.42 bits per heavy atom. The molecule has 0 saturated heterocycles. The average Bonchev–Trinajstić information content (AvgIpc) is 3.10. The molecule has 0 aliphatic heterocycles. The molecule has 0 bridgehead atoms. The summed E-state index contributed by atoms with van der Waals surface area (Å²) in [5, 5.41) is 3.51. The standard InChI is InChI=1S/C16H28N2O/c1-12(2)7-8-18(4)11-15-9-13(3)16(19-15)10-17-14-5-6-14/h9,12,14,17H,5-8,10-11H2,1-4H3. The molecule has 0 atom stereocenters. The highest BCUT2D eigenvalue weighted by Gasteiger charge is 2.21. The molecule has 1 aliphatic carbocycles. The van der Waals surface area contributed by atoms with E-state index in [1.807, 2.05) is 0 Å². The summed E-state index contributed by atoms with van der Waals surface area (Å²) in [6, 6.07) is 2.93. The van der Waals surface area contributed by atoms with Gasteiger partial charge < -0.3 is 9.73 Å². The first-order valence-electron chi connectivity index (χ1n) is 7.54. The van der Waals surface area contributed by atoms with Crippen LogP contribution in [-0.2, 0) is 13.1 Å². The van der Waals surface area contributed by atoms with Gasteiger partial charge in [0, 0.05) is 6.04 Å². The zero-order chi connectivity index (χ0) is 13.8. The van der Waals surface area contributed by atoms with Crippen molar-refractivity contribution in [3.63, 3.8) is 0 Å². The SMILES string of the molecule is Cc1cc(CN(C)CCC(C)C)oc1CNC1CC1. The fourth-order valence-electron chi connectivity index (χ4n) is 2.19. The second kappa shape index (κ2) is 6.58. The molecule has 3 nitrogen and oxygen atoms in total. The Hall–Kier alpha value is -0.800. The topological polar surface area (TPSA) is 28.4 Å². The summed E-state index contributed by atoms with van der Waals surface area (Å²) in [7, 11) is 2.17. The number of nitrogens with zero attached hydrogens (tertiary/aromatic N) is 1. The van der Waals surface area contributed by atoms with E-state index in [0.717, 1.165) is 43.1 Å². The minimum absolute atomic E-state index is 0.738. The van der Waals surface area contributed by atoms with Crippen molar-refractivity contribution in [1.29, 1.82) is 0 Å². The van der Waals surface area contributed by atoms with Crippen LogP contribution in [0, 0.1) is 12.8 Å². The van der Waals surface area contributed by atoms with Gasteiger partial charge in [-0.3, -0.25) is 4.90 Å². The Morgan fingerprint density at radius 3 is 2.79 bits per heavy atom. The summed E-state index contributed by atoms with van der Waals surface area (Å²) in [5.41, 5.74) is 1.28. The number of furan rings is 1. The lowest BCUT2D eigenvalue weighted by molar-refractivity contribution is 0.273. The van der Waals surface area contributed by atoms with Crippen LogP contribution in [0.15, 0.2) is 10.5 Å². The van der Waals surface area contributed by atoms with E-state index in [1.165, 1.54) is 24.8 Å². The molecular weight excluding hydrogens is 236 g/mol. The van der Waals surface area contributed by atoms with E-state index in [-0.39, 0.29) is 0 Å². The van der Waals surface area contributed by atoms with Gasteiger partial charge in [0.15, 0.2) is 0 Å². The summed E-state index contributed by atoms with van der Waals surface area (Å²) in [5.74, 6) is 2.97. The monoisotopic (exact) mass is 264 g/mol. The molecule has 0 unspecified atom stereocenters. The normalized spacial score (nSPS) is 15.7. The Labute approximate surface area is 117 Å². The minimum atomic E-state index is 0.738. The van der Waals surface area contributed by atoms with Crippen molar-refractivity contribution >= 4 is 0 Å². The van der Waals surface area contributed by atoms with Crippen molar-refractivity contribution in [1.82, 2.24) is 10.2 Å². The van der Waals surface area contributed by atoms with Crippen LogP contribution in [0.3, 0.4) is 0 Å². The largest absolute Gasteiger partial charge is 0.463 e. The van der Waals surface area contributed by atoms with Crippen molar-refractivity contribution < 1.29 is 4.42 Å². The molecule has 0 amide bonds. The number of rotatable bonds is 8. The molecule has 1 aromatic heterocycles. The molecule has 1 heterocycles. The molecule has 1 fully saturated rings. The van der Waals surface area contributed by atoms with Crippen LogP contribution in [0.4, 0.5) is 0 Å². The number of aryl methyl sites for hydroxylation is 1. The van der Waals surface area contributed by atoms with E-state index in [9.17, 15) is 0 Å². The van der Waals surface area contributed by atoms with Crippen molar-refractivity contribution in [2.45, 2.75) is 59.2 Å². The number of hydrogen-bond acceptors (Lipinski definition) is 3. The Kier molecular flexibility index (Phi) is 5.06. The average molecular weight is 264 g/mol. The van der Waals surface area contributed by atoms with Gasteiger partial charge in [0.2, 0.25) is 0 Å². The van der Waals surface area contributed by atoms with Gasteiger partial charge in [-0.1, -0.05) is 13.8 Å². The van der Waals surface area contributed by atoms with Gasteiger partial charge in [0.1, 0.15) is 11.5 Å². The Balaban J connectivity index is 1.80. The third-order valence-corrected chi connectivity index (χ3v) is 3.71. The van der Waals surface area contributed by atoms with E-state index in [2.05, 4.69) is 44.1 Å². The molecule has 0 spiro atoms. The van der Waals surface area contributed by atoms with Crippen LogP contribution in [0.2, 0.25) is 0 Å². The van der Waals surface area contributed by atoms with Gasteiger partial charge in [0.05, 0.1) is 13.1 Å². The first kappa shape index (κ1) is 14.6. The molecule has 1 aromatic rings. The summed E-state index contributed by atoms with van der Waals surface area (Å²) in [4.78, 5) is 2.34. The van der Waals surface area contributed by atoms with E-state index < -0.39 is 0 Å². The van der Waals surface area contributed by atoms with Crippen molar-refractivity contribution in [2.24, 2.45) is 5.92 Å². The quantitative estimate of drug-likeness (QED) is 0.781. The van der Waals surface area contributed by atoms with E-state index >= 15 is 0 Å². The van der Waals surface area contributed by atoms with Gasteiger partial charge >= 0.3 is 0 Å². The molecule has 3 heteroatoms. The molecule has 1 saturated carbocycles. The maximum absolute atomic E-state index is 5.97. The summed E-state index contributed by atoms with van der Waals surface area (Å²) < 4.78 is 5.97. The summed E-state index contributed by atoms with van der Waals surface area (Å²) in [6.07, 6.45) is 3.89. The predicted octanol–water partition coefficient (Wildman–Crippen LogP) is 3.32. The molecule has 0 aromatic carbocycles. The van der Waals surface area contributed by atoms with Crippen LogP contribution in [0.25, 0.3) is 0 Å². The third-order valence-electron chi connectivity index (χ3n) is 3.71. The van der Waals surface area contributed by atoms with Crippen molar-refractivity contribution in [2.75, 3.05) is 13.6 Å². The zero-order valence-electron chi connectivity index (χ0n) is 12.8.